The van der Waals surface area contributed by atoms with Gasteiger partial charge in [-0.15, -0.1) is 0 Å². The minimum absolute atomic E-state index is 0.234. The fourth-order valence-electron chi connectivity index (χ4n) is 1.76. The summed E-state index contributed by atoms with van der Waals surface area (Å²) in [6.07, 6.45) is 6.43. The smallest absolute Gasteiger partial charge is 0.322 e. The summed E-state index contributed by atoms with van der Waals surface area (Å²) >= 11 is 0. The normalized spacial score (nSPS) is 13.6. The van der Waals surface area contributed by atoms with E-state index in [1.165, 1.54) is 12.0 Å². The Labute approximate surface area is 111 Å². The van der Waals surface area contributed by atoms with E-state index >= 15 is 0 Å². The van der Waals surface area contributed by atoms with Gasteiger partial charge in [-0.3, -0.25) is 9.59 Å². The van der Waals surface area contributed by atoms with Gasteiger partial charge in [0, 0.05) is 6.54 Å². The van der Waals surface area contributed by atoms with Crippen LogP contribution in [0, 0.1) is 0 Å². The first-order valence-electron chi connectivity index (χ1n) is 6.26. The Hall–Kier alpha value is -2.05. The number of carbonyl (C=O) groups excluding carboxylic acids is 2. The number of urea groups is 1. The first kappa shape index (κ1) is 15.0. The highest BCUT2D eigenvalue weighted by Crippen LogP contribution is 2.19. The molecule has 0 spiro atoms. The third-order valence-electron chi connectivity index (χ3n) is 2.71. The molecular weight excluding hydrogens is 250 g/mol. The van der Waals surface area contributed by atoms with Crippen LogP contribution in [-0.2, 0) is 9.59 Å². The maximum Gasteiger partial charge on any atom is 0.322 e. The van der Waals surface area contributed by atoms with Crippen LogP contribution in [0.3, 0.4) is 0 Å². The quantitative estimate of drug-likeness (QED) is 0.487. The summed E-state index contributed by atoms with van der Waals surface area (Å²) in [5.74, 6) is -1.65. The Morgan fingerprint density at radius 1 is 1.16 bits per heavy atom. The largest absolute Gasteiger partial charge is 0.480 e. The minimum Gasteiger partial charge on any atom is -0.480 e. The van der Waals surface area contributed by atoms with Gasteiger partial charge in [-0.2, -0.15) is 0 Å². The van der Waals surface area contributed by atoms with Crippen molar-refractivity contribution in [2.24, 2.45) is 0 Å². The number of carbonyl (C=O) groups is 3. The summed E-state index contributed by atoms with van der Waals surface area (Å²) < 4.78 is 0. The summed E-state index contributed by atoms with van der Waals surface area (Å²) in [5.41, 5.74) is 1.36. The van der Waals surface area contributed by atoms with Crippen molar-refractivity contribution in [3.05, 3.63) is 11.6 Å². The molecule has 106 valence electrons. The van der Waals surface area contributed by atoms with E-state index in [-0.39, 0.29) is 6.54 Å². The number of aliphatic carboxylic acids is 1. The number of hydrogen-bond acceptors (Lipinski definition) is 3. The predicted molar refractivity (Wildman–Crippen MR) is 68.6 cm³/mol. The van der Waals surface area contributed by atoms with E-state index in [4.69, 9.17) is 5.11 Å². The molecule has 4 N–H and O–H groups in total. The van der Waals surface area contributed by atoms with Crippen molar-refractivity contribution in [1.82, 2.24) is 16.0 Å². The number of carboxylic acids is 1. The van der Waals surface area contributed by atoms with Crippen LogP contribution in [0.1, 0.15) is 25.7 Å². The molecule has 0 saturated carbocycles. The fraction of sp³-hybridized carbons (Fsp3) is 0.583. The Kier molecular flexibility index (Phi) is 6.42. The lowest BCUT2D eigenvalue weighted by molar-refractivity contribution is -0.137. The Bertz CT molecular complexity index is 379. The fourth-order valence-corrected chi connectivity index (χ4v) is 1.76. The molecule has 0 atom stereocenters. The third-order valence-corrected chi connectivity index (χ3v) is 2.71. The molecule has 0 aromatic carbocycles. The van der Waals surface area contributed by atoms with E-state index in [0.717, 1.165) is 19.3 Å². The van der Waals surface area contributed by atoms with Crippen molar-refractivity contribution in [3.8, 4) is 0 Å². The van der Waals surface area contributed by atoms with Crippen LogP contribution in [0.25, 0.3) is 0 Å². The van der Waals surface area contributed by atoms with Crippen molar-refractivity contribution >= 4 is 17.9 Å². The SMILES string of the molecule is O=C(O)CNC(=O)CNC(=O)NCCC1=CCCC1. The summed E-state index contributed by atoms with van der Waals surface area (Å²) in [6.45, 7) is -0.146. The molecule has 0 unspecified atom stereocenters. The van der Waals surface area contributed by atoms with Gasteiger partial charge in [0.1, 0.15) is 6.54 Å². The summed E-state index contributed by atoms with van der Waals surface area (Å²) in [7, 11) is 0. The van der Waals surface area contributed by atoms with E-state index in [0.29, 0.717) is 6.54 Å². The van der Waals surface area contributed by atoms with Crippen LogP contribution < -0.4 is 16.0 Å². The van der Waals surface area contributed by atoms with Crippen LogP contribution in [-0.4, -0.2) is 42.6 Å². The first-order valence-corrected chi connectivity index (χ1v) is 6.26. The molecule has 3 amide bonds. The zero-order valence-corrected chi connectivity index (χ0v) is 10.7. The van der Waals surface area contributed by atoms with Gasteiger partial charge in [-0.05, 0) is 25.7 Å². The topological polar surface area (TPSA) is 108 Å². The van der Waals surface area contributed by atoms with Gasteiger partial charge in [0.05, 0.1) is 6.54 Å². The molecule has 0 bridgehead atoms. The number of nitrogens with one attached hydrogen (secondary N) is 3. The lowest BCUT2D eigenvalue weighted by atomic mass is 10.2. The average molecular weight is 269 g/mol. The van der Waals surface area contributed by atoms with Crippen molar-refractivity contribution in [2.75, 3.05) is 19.6 Å². The van der Waals surface area contributed by atoms with Crippen LogP contribution in [0.5, 0.6) is 0 Å². The van der Waals surface area contributed by atoms with E-state index in [2.05, 4.69) is 22.0 Å². The number of rotatable bonds is 7. The molecule has 1 aliphatic rings. The Morgan fingerprint density at radius 3 is 2.58 bits per heavy atom. The van der Waals surface area contributed by atoms with Crippen molar-refractivity contribution in [1.29, 1.82) is 0 Å². The maximum absolute atomic E-state index is 11.3. The number of amides is 3. The molecule has 1 aliphatic carbocycles. The standard InChI is InChI=1S/C12H19N3O4/c16-10(14-8-11(17)18)7-15-12(19)13-6-5-9-3-1-2-4-9/h3H,1-2,4-8H2,(H,14,16)(H,17,18)(H2,13,15,19). The Balaban J connectivity index is 2.03. The van der Waals surface area contributed by atoms with Crippen LogP contribution in [0.4, 0.5) is 4.79 Å². The molecular formula is C12H19N3O4. The van der Waals surface area contributed by atoms with Gasteiger partial charge in [0.2, 0.25) is 5.91 Å². The molecule has 1 rings (SSSR count). The second kappa shape index (κ2) is 8.12. The number of carboxylic acid groups (broad SMARTS) is 1. The molecule has 0 radical (unpaired) electrons. The molecule has 0 aliphatic heterocycles. The first-order chi connectivity index (χ1) is 9.08. The van der Waals surface area contributed by atoms with Gasteiger partial charge in [0.25, 0.3) is 0 Å². The summed E-state index contributed by atoms with van der Waals surface area (Å²) in [6, 6.07) is -0.427. The lowest BCUT2D eigenvalue weighted by Gasteiger charge is -2.07. The average Bonchev–Trinajstić information content (AvgIpc) is 2.87. The monoisotopic (exact) mass is 269 g/mol. The van der Waals surface area contributed by atoms with Gasteiger partial charge in [0.15, 0.2) is 0 Å². The molecule has 7 heteroatoms. The summed E-state index contributed by atoms with van der Waals surface area (Å²) in [5, 5.41) is 15.5. The summed E-state index contributed by atoms with van der Waals surface area (Å²) in [4.78, 5) is 32.6. The number of allylic oxidation sites excluding steroid dienone is 1. The third kappa shape index (κ3) is 7.07. The minimum atomic E-state index is -1.12. The van der Waals surface area contributed by atoms with Gasteiger partial charge in [-0.25, -0.2) is 4.79 Å². The molecule has 7 nitrogen and oxygen atoms in total. The molecule has 0 aromatic heterocycles. The second-order valence-electron chi connectivity index (χ2n) is 4.28. The van der Waals surface area contributed by atoms with Gasteiger partial charge >= 0.3 is 12.0 Å². The highest BCUT2D eigenvalue weighted by Gasteiger charge is 2.07. The second-order valence-corrected chi connectivity index (χ2v) is 4.28. The van der Waals surface area contributed by atoms with Gasteiger partial charge < -0.3 is 21.1 Å². The lowest BCUT2D eigenvalue weighted by Crippen LogP contribution is -2.43. The molecule has 19 heavy (non-hydrogen) atoms. The van der Waals surface area contributed by atoms with Crippen LogP contribution in [0.2, 0.25) is 0 Å². The van der Waals surface area contributed by atoms with E-state index in [1.54, 1.807) is 0 Å². The van der Waals surface area contributed by atoms with Crippen molar-refractivity contribution < 1.29 is 19.5 Å². The molecule has 0 saturated heterocycles. The van der Waals surface area contributed by atoms with Gasteiger partial charge in [-0.1, -0.05) is 11.6 Å². The maximum atomic E-state index is 11.3. The van der Waals surface area contributed by atoms with Crippen LogP contribution in [0.15, 0.2) is 11.6 Å². The van der Waals surface area contributed by atoms with Crippen LogP contribution >= 0.6 is 0 Å². The zero-order valence-electron chi connectivity index (χ0n) is 10.7. The van der Waals surface area contributed by atoms with E-state index < -0.39 is 24.5 Å². The predicted octanol–water partition coefficient (Wildman–Crippen LogP) is -0.0132. The Morgan fingerprint density at radius 2 is 1.95 bits per heavy atom. The molecule has 0 aromatic rings. The highest BCUT2D eigenvalue weighted by molar-refractivity contribution is 5.86. The number of hydrogen-bond donors (Lipinski definition) is 4. The van der Waals surface area contributed by atoms with Crippen molar-refractivity contribution in [2.45, 2.75) is 25.7 Å². The zero-order chi connectivity index (χ0) is 14.1. The van der Waals surface area contributed by atoms with Crippen molar-refractivity contribution in [3.63, 3.8) is 0 Å². The van der Waals surface area contributed by atoms with E-state index in [1.807, 2.05) is 0 Å². The molecule has 0 heterocycles. The highest BCUT2D eigenvalue weighted by atomic mass is 16.4. The van der Waals surface area contributed by atoms with E-state index in [9.17, 15) is 14.4 Å². The molecule has 0 fully saturated rings.